The molecule has 0 aliphatic carbocycles. The zero-order valence-electron chi connectivity index (χ0n) is 13.4. The highest BCUT2D eigenvalue weighted by molar-refractivity contribution is 7.92. The fourth-order valence-corrected chi connectivity index (χ4v) is 4.34. The Balaban J connectivity index is 2.13. The van der Waals surface area contributed by atoms with E-state index >= 15 is 0 Å². The molecule has 0 atom stereocenters. The number of halogens is 1. The first-order valence-corrected chi connectivity index (χ1v) is 9.67. The van der Waals surface area contributed by atoms with Crippen molar-refractivity contribution in [2.24, 2.45) is 0 Å². The minimum absolute atomic E-state index is 0.153. The lowest BCUT2D eigenvalue weighted by molar-refractivity contribution is -0.856. The van der Waals surface area contributed by atoms with Crippen LogP contribution in [0.25, 0.3) is 0 Å². The second kappa shape index (κ2) is 7.51. The van der Waals surface area contributed by atoms with E-state index in [1.807, 2.05) is 14.1 Å². The smallest absolute Gasteiger partial charge is 0.253 e. The normalized spacial score (nSPS) is 17.3. The van der Waals surface area contributed by atoms with E-state index < -0.39 is 10.0 Å². The van der Waals surface area contributed by atoms with Crippen LogP contribution >= 0.6 is 11.6 Å². The van der Waals surface area contributed by atoms with E-state index in [1.54, 1.807) is 18.2 Å². The number of amides is 1. The van der Waals surface area contributed by atoms with E-state index in [0.29, 0.717) is 30.8 Å². The number of nitrogens with one attached hydrogen (secondary N) is 2. The molecule has 0 aromatic heterocycles. The second-order valence-electron chi connectivity index (χ2n) is 5.97. The molecule has 1 saturated heterocycles. The molecule has 23 heavy (non-hydrogen) atoms. The molecule has 1 aliphatic rings. The number of carbonyl (C=O) groups excluding carboxylic acids is 1. The molecular formula is C15H23ClN3O3S+. The fraction of sp³-hybridized carbons (Fsp3) is 0.533. The van der Waals surface area contributed by atoms with Crippen LogP contribution in [-0.2, 0) is 10.0 Å². The van der Waals surface area contributed by atoms with Crippen LogP contribution in [0.1, 0.15) is 23.2 Å². The summed E-state index contributed by atoms with van der Waals surface area (Å²) in [5.41, 5.74) is 0.877. The van der Waals surface area contributed by atoms with Gasteiger partial charge in [-0.05, 0) is 31.0 Å². The van der Waals surface area contributed by atoms with Gasteiger partial charge in [0.2, 0.25) is 10.0 Å². The maximum absolute atomic E-state index is 12.1. The Morgan fingerprint density at radius 2 is 2.09 bits per heavy atom. The van der Waals surface area contributed by atoms with E-state index in [-0.39, 0.29) is 16.7 Å². The standard InChI is InChI=1S/C15H22ClN3O3S/c1-18(2)9-7-17-15(20)13-6-5-12(11-14(13)16)19-8-3-4-10-23(19,21)22/h5-6,11H,3-4,7-10H2,1-2H3,(H,17,20)/p+1. The molecule has 1 heterocycles. The molecule has 0 radical (unpaired) electrons. The van der Waals surface area contributed by atoms with Crippen molar-refractivity contribution in [3.63, 3.8) is 0 Å². The van der Waals surface area contributed by atoms with Gasteiger partial charge in [-0.1, -0.05) is 11.6 Å². The van der Waals surface area contributed by atoms with E-state index in [1.165, 1.54) is 9.21 Å². The van der Waals surface area contributed by atoms with Crippen molar-refractivity contribution in [3.05, 3.63) is 28.8 Å². The number of quaternary nitrogens is 1. The summed E-state index contributed by atoms with van der Waals surface area (Å²) in [6, 6.07) is 4.77. The third-order valence-corrected chi connectivity index (χ3v) is 5.93. The number of carbonyl (C=O) groups is 1. The number of sulfonamides is 1. The van der Waals surface area contributed by atoms with Gasteiger partial charge >= 0.3 is 0 Å². The Morgan fingerprint density at radius 3 is 2.70 bits per heavy atom. The van der Waals surface area contributed by atoms with Crippen LogP contribution in [0.15, 0.2) is 18.2 Å². The summed E-state index contributed by atoms with van der Waals surface area (Å²) in [6.07, 6.45) is 1.51. The van der Waals surface area contributed by atoms with Gasteiger partial charge in [0.05, 0.1) is 49.2 Å². The molecule has 1 amide bonds. The molecule has 0 unspecified atom stereocenters. The SMILES string of the molecule is C[NH+](C)CCNC(=O)c1ccc(N2CCCCS2(=O)=O)cc1Cl. The Kier molecular flexibility index (Phi) is 5.89. The largest absolute Gasteiger partial charge is 0.346 e. The molecule has 0 saturated carbocycles. The predicted octanol–water partition coefficient (Wildman–Crippen LogP) is 0.144. The van der Waals surface area contributed by atoms with Gasteiger partial charge in [-0.25, -0.2) is 8.42 Å². The molecule has 1 aliphatic heterocycles. The number of anilines is 1. The van der Waals surface area contributed by atoms with Crippen molar-refractivity contribution in [1.82, 2.24) is 5.32 Å². The number of hydrogen-bond acceptors (Lipinski definition) is 3. The van der Waals surface area contributed by atoms with E-state index in [0.717, 1.165) is 13.0 Å². The van der Waals surface area contributed by atoms with E-state index in [4.69, 9.17) is 11.6 Å². The Labute approximate surface area is 142 Å². The number of rotatable bonds is 5. The third-order valence-electron chi connectivity index (χ3n) is 3.75. The maximum atomic E-state index is 12.1. The molecule has 8 heteroatoms. The number of likely N-dealkylation sites (N-methyl/N-ethyl adjacent to an activating group) is 1. The molecule has 2 rings (SSSR count). The van der Waals surface area contributed by atoms with Crippen molar-refractivity contribution in [1.29, 1.82) is 0 Å². The van der Waals surface area contributed by atoms with Crippen LogP contribution < -0.4 is 14.5 Å². The molecule has 6 nitrogen and oxygen atoms in total. The Bertz CT molecular complexity index is 677. The quantitative estimate of drug-likeness (QED) is 0.785. The van der Waals surface area contributed by atoms with Crippen molar-refractivity contribution < 1.29 is 18.1 Å². The summed E-state index contributed by atoms with van der Waals surface area (Å²) < 4.78 is 25.6. The summed E-state index contributed by atoms with van der Waals surface area (Å²) in [5, 5.41) is 3.07. The lowest BCUT2D eigenvalue weighted by Gasteiger charge is -2.28. The molecule has 1 aromatic carbocycles. The van der Waals surface area contributed by atoms with Gasteiger partial charge in [0.25, 0.3) is 5.91 Å². The minimum Gasteiger partial charge on any atom is -0.346 e. The van der Waals surface area contributed by atoms with Crippen LogP contribution in [-0.4, -0.2) is 53.8 Å². The first-order chi connectivity index (χ1) is 10.8. The van der Waals surface area contributed by atoms with Gasteiger partial charge < -0.3 is 10.2 Å². The highest BCUT2D eigenvalue weighted by Crippen LogP contribution is 2.28. The van der Waals surface area contributed by atoms with Gasteiger partial charge in [0.15, 0.2) is 0 Å². The molecule has 0 spiro atoms. The van der Waals surface area contributed by atoms with Gasteiger partial charge in [0.1, 0.15) is 0 Å². The Morgan fingerprint density at radius 1 is 1.35 bits per heavy atom. The first kappa shape index (κ1) is 18.0. The molecule has 2 N–H and O–H groups in total. The van der Waals surface area contributed by atoms with Crippen LogP contribution in [0.5, 0.6) is 0 Å². The van der Waals surface area contributed by atoms with Crippen LogP contribution in [0, 0.1) is 0 Å². The van der Waals surface area contributed by atoms with Crippen LogP contribution in [0.4, 0.5) is 5.69 Å². The van der Waals surface area contributed by atoms with Crippen molar-refractivity contribution in [2.75, 3.05) is 43.8 Å². The minimum atomic E-state index is -3.28. The summed E-state index contributed by atoms with van der Waals surface area (Å²) in [7, 11) is 0.735. The van der Waals surface area contributed by atoms with Crippen molar-refractivity contribution in [2.45, 2.75) is 12.8 Å². The number of nitrogens with zero attached hydrogens (tertiary/aromatic N) is 1. The predicted molar refractivity (Wildman–Crippen MR) is 91.8 cm³/mol. The average molecular weight is 361 g/mol. The van der Waals surface area contributed by atoms with Gasteiger partial charge in [0, 0.05) is 6.54 Å². The molecular weight excluding hydrogens is 338 g/mol. The lowest BCUT2D eigenvalue weighted by atomic mass is 10.2. The van der Waals surface area contributed by atoms with E-state index in [9.17, 15) is 13.2 Å². The lowest BCUT2D eigenvalue weighted by Crippen LogP contribution is -3.06. The molecule has 0 bridgehead atoms. The van der Waals surface area contributed by atoms with E-state index in [2.05, 4.69) is 5.32 Å². The second-order valence-corrected chi connectivity index (χ2v) is 8.39. The third kappa shape index (κ3) is 4.59. The zero-order chi connectivity index (χ0) is 17.0. The fourth-order valence-electron chi connectivity index (χ4n) is 2.44. The van der Waals surface area contributed by atoms with Gasteiger partial charge in [-0.3, -0.25) is 9.10 Å². The summed E-state index contributed by atoms with van der Waals surface area (Å²) in [5.74, 6) is -0.0935. The van der Waals surface area contributed by atoms with Crippen LogP contribution in [0.2, 0.25) is 5.02 Å². The Hall–Kier alpha value is -1.31. The van der Waals surface area contributed by atoms with Crippen molar-refractivity contribution >= 4 is 33.2 Å². The molecule has 1 fully saturated rings. The maximum Gasteiger partial charge on any atom is 0.253 e. The van der Waals surface area contributed by atoms with Gasteiger partial charge in [-0.15, -0.1) is 0 Å². The first-order valence-electron chi connectivity index (χ1n) is 7.68. The highest BCUT2D eigenvalue weighted by atomic mass is 35.5. The zero-order valence-corrected chi connectivity index (χ0v) is 15.0. The monoisotopic (exact) mass is 360 g/mol. The number of benzene rings is 1. The van der Waals surface area contributed by atoms with Crippen LogP contribution in [0.3, 0.4) is 0 Å². The average Bonchev–Trinajstić information content (AvgIpc) is 2.46. The molecule has 1 aromatic rings. The summed E-state index contributed by atoms with van der Waals surface area (Å²) in [6.45, 7) is 1.82. The van der Waals surface area contributed by atoms with Gasteiger partial charge in [-0.2, -0.15) is 0 Å². The molecule has 128 valence electrons. The number of hydrogen-bond donors (Lipinski definition) is 2. The summed E-state index contributed by atoms with van der Waals surface area (Å²) in [4.78, 5) is 13.4. The topological polar surface area (TPSA) is 70.9 Å². The highest BCUT2D eigenvalue weighted by Gasteiger charge is 2.26. The summed E-state index contributed by atoms with van der Waals surface area (Å²) >= 11 is 6.19. The van der Waals surface area contributed by atoms with Crippen molar-refractivity contribution in [3.8, 4) is 0 Å².